The fourth-order valence-corrected chi connectivity index (χ4v) is 2.22. The number of amides is 2. The third-order valence-electron chi connectivity index (χ3n) is 3.02. The molecule has 1 N–H and O–H groups in total. The summed E-state index contributed by atoms with van der Waals surface area (Å²) in [4.78, 5) is 26.5. The molecule has 1 atom stereocenters. The first kappa shape index (κ1) is 13.8. The van der Waals surface area contributed by atoms with Crippen molar-refractivity contribution in [2.45, 2.75) is 39.7 Å². The fraction of sp³-hybridized carbons (Fsp3) is 0.833. The lowest BCUT2D eigenvalue weighted by atomic mass is 10.2. The second-order valence-corrected chi connectivity index (χ2v) is 4.90. The van der Waals surface area contributed by atoms with Crippen molar-refractivity contribution >= 4 is 12.0 Å². The molecule has 5 heteroatoms. The van der Waals surface area contributed by atoms with Crippen LogP contribution >= 0.6 is 0 Å². The molecule has 1 heterocycles. The number of urea groups is 1. The van der Waals surface area contributed by atoms with E-state index in [9.17, 15) is 9.59 Å². The molecule has 0 spiro atoms. The topological polar surface area (TPSA) is 60.9 Å². The number of carbonyl (C=O) groups is 2. The molecule has 0 aromatic rings. The Bertz CT molecular complexity index is 291. The lowest BCUT2D eigenvalue weighted by Gasteiger charge is -2.30. The molecule has 98 valence electrons. The van der Waals surface area contributed by atoms with Crippen LogP contribution in [-0.2, 0) is 4.79 Å². The number of nitrogens with zero attached hydrogens (tertiary/aromatic N) is 2. The Labute approximate surface area is 102 Å². The summed E-state index contributed by atoms with van der Waals surface area (Å²) in [5, 5.41) is 9.06. The van der Waals surface area contributed by atoms with Crippen molar-refractivity contribution in [2.24, 2.45) is 5.92 Å². The van der Waals surface area contributed by atoms with E-state index in [1.54, 1.807) is 4.90 Å². The molecule has 1 aliphatic heterocycles. The van der Waals surface area contributed by atoms with Gasteiger partial charge in [-0.25, -0.2) is 9.59 Å². The van der Waals surface area contributed by atoms with E-state index < -0.39 is 12.0 Å². The number of carboxylic acid groups (broad SMARTS) is 1. The number of aliphatic carboxylic acids is 1. The van der Waals surface area contributed by atoms with E-state index >= 15 is 0 Å². The van der Waals surface area contributed by atoms with Crippen molar-refractivity contribution in [3.63, 3.8) is 0 Å². The van der Waals surface area contributed by atoms with E-state index in [2.05, 4.69) is 13.8 Å². The number of hydrogen-bond acceptors (Lipinski definition) is 2. The summed E-state index contributed by atoms with van der Waals surface area (Å²) in [6, 6.07) is -0.769. The second-order valence-electron chi connectivity index (χ2n) is 4.90. The predicted molar refractivity (Wildman–Crippen MR) is 64.8 cm³/mol. The highest BCUT2D eigenvalue weighted by Gasteiger charge is 2.35. The van der Waals surface area contributed by atoms with Crippen LogP contribution in [0.1, 0.15) is 33.6 Å². The van der Waals surface area contributed by atoms with Gasteiger partial charge >= 0.3 is 12.0 Å². The normalized spacial score (nSPS) is 19.8. The average molecular weight is 242 g/mol. The van der Waals surface area contributed by atoms with Crippen molar-refractivity contribution < 1.29 is 14.7 Å². The van der Waals surface area contributed by atoms with Crippen LogP contribution in [0.4, 0.5) is 4.79 Å². The third-order valence-corrected chi connectivity index (χ3v) is 3.02. The Morgan fingerprint density at radius 2 is 2.12 bits per heavy atom. The summed E-state index contributed by atoms with van der Waals surface area (Å²) in [7, 11) is 0. The zero-order valence-electron chi connectivity index (χ0n) is 10.8. The molecule has 1 saturated heterocycles. The lowest BCUT2D eigenvalue weighted by molar-refractivity contribution is -0.141. The Balaban J connectivity index is 2.69. The Morgan fingerprint density at radius 1 is 1.47 bits per heavy atom. The minimum Gasteiger partial charge on any atom is -0.480 e. The third kappa shape index (κ3) is 3.35. The van der Waals surface area contributed by atoms with Crippen LogP contribution in [0.2, 0.25) is 0 Å². The molecule has 17 heavy (non-hydrogen) atoms. The zero-order valence-corrected chi connectivity index (χ0v) is 10.8. The highest BCUT2D eigenvalue weighted by Crippen LogP contribution is 2.19. The maximum atomic E-state index is 12.2. The van der Waals surface area contributed by atoms with Crippen LogP contribution in [0.15, 0.2) is 0 Å². The first-order chi connectivity index (χ1) is 7.97. The van der Waals surface area contributed by atoms with Crippen molar-refractivity contribution in [2.75, 3.05) is 19.6 Å². The van der Waals surface area contributed by atoms with Gasteiger partial charge in [-0.05, 0) is 25.7 Å². The summed E-state index contributed by atoms with van der Waals surface area (Å²) in [6.45, 7) is 7.89. The van der Waals surface area contributed by atoms with Gasteiger partial charge in [0.05, 0.1) is 0 Å². The van der Waals surface area contributed by atoms with Gasteiger partial charge in [-0.15, -0.1) is 0 Å². The molecule has 0 saturated carbocycles. The summed E-state index contributed by atoms with van der Waals surface area (Å²) < 4.78 is 0. The van der Waals surface area contributed by atoms with Gasteiger partial charge in [0.2, 0.25) is 0 Å². The van der Waals surface area contributed by atoms with Crippen molar-refractivity contribution in [1.82, 2.24) is 9.80 Å². The number of carbonyl (C=O) groups excluding carboxylic acids is 1. The second kappa shape index (κ2) is 5.89. The summed E-state index contributed by atoms with van der Waals surface area (Å²) >= 11 is 0. The minimum absolute atomic E-state index is 0.133. The van der Waals surface area contributed by atoms with Gasteiger partial charge in [-0.3, -0.25) is 0 Å². The maximum absolute atomic E-state index is 12.2. The van der Waals surface area contributed by atoms with E-state index in [4.69, 9.17) is 5.11 Å². The standard InChI is InChI=1S/C12H22N2O3/c1-4-13(8-9(2)3)12(17)14-7-5-6-10(14)11(15)16/h9-10H,4-8H2,1-3H3,(H,15,16). The molecule has 2 amide bonds. The van der Waals surface area contributed by atoms with Crippen LogP contribution in [0.5, 0.6) is 0 Å². The molecular weight excluding hydrogens is 220 g/mol. The van der Waals surface area contributed by atoms with Crippen LogP contribution in [0, 0.1) is 5.92 Å². The van der Waals surface area contributed by atoms with Gasteiger partial charge < -0.3 is 14.9 Å². The molecule has 0 aromatic heterocycles. The Kier molecular flexibility index (Phi) is 4.78. The van der Waals surface area contributed by atoms with Gasteiger partial charge in [-0.1, -0.05) is 13.8 Å². The zero-order chi connectivity index (χ0) is 13.0. The molecule has 1 aliphatic rings. The van der Waals surface area contributed by atoms with E-state index in [0.29, 0.717) is 32.0 Å². The monoisotopic (exact) mass is 242 g/mol. The number of carboxylic acids is 1. The Hall–Kier alpha value is -1.26. The first-order valence-electron chi connectivity index (χ1n) is 6.25. The predicted octanol–water partition coefficient (Wildman–Crippen LogP) is 1.63. The highest BCUT2D eigenvalue weighted by molar-refractivity contribution is 5.83. The first-order valence-corrected chi connectivity index (χ1v) is 6.25. The molecule has 0 bridgehead atoms. The minimum atomic E-state index is -0.892. The lowest BCUT2D eigenvalue weighted by Crippen LogP contribution is -2.48. The van der Waals surface area contributed by atoms with Crippen molar-refractivity contribution in [3.8, 4) is 0 Å². The van der Waals surface area contributed by atoms with Gasteiger partial charge in [-0.2, -0.15) is 0 Å². The molecule has 1 unspecified atom stereocenters. The summed E-state index contributed by atoms with van der Waals surface area (Å²) in [5.74, 6) is -0.499. The van der Waals surface area contributed by atoms with Gasteiger partial charge in [0, 0.05) is 19.6 Å². The number of hydrogen-bond donors (Lipinski definition) is 1. The van der Waals surface area contributed by atoms with E-state index in [-0.39, 0.29) is 6.03 Å². The molecule has 0 aromatic carbocycles. The van der Waals surface area contributed by atoms with Gasteiger partial charge in [0.25, 0.3) is 0 Å². The molecule has 1 fully saturated rings. The highest BCUT2D eigenvalue weighted by atomic mass is 16.4. The molecule has 0 radical (unpaired) electrons. The number of rotatable bonds is 4. The molecule has 1 rings (SSSR count). The molecule has 5 nitrogen and oxygen atoms in total. The van der Waals surface area contributed by atoms with Crippen LogP contribution in [-0.4, -0.2) is 52.6 Å². The number of likely N-dealkylation sites (tertiary alicyclic amines) is 1. The maximum Gasteiger partial charge on any atom is 0.326 e. The van der Waals surface area contributed by atoms with Crippen LogP contribution in [0.25, 0.3) is 0 Å². The largest absolute Gasteiger partial charge is 0.480 e. The van der Waals surface area contributed by atoms with Crippen molar-refractivity contribution in [3.05, 3.63) is 0 Å². The van der Waals surface area contributed by atoms with E-state index in [0.717, 1.165) is 6.42 Å². The molecule has 0 aliphatic carbocycles. The van der Waals surface area contributed by atoms with Crippen LogP contribution in [0.3, 0.4) is 0 Å². The average Bonchev–Trinajstić information content (AvgIpc) is 2.73. The van der Waals surface area contributed by atoms with Crippen LogP contribution < -0.4 is 0 Å². The fourth-order valence-electron chi connectivity index (χ4n) is 2.22. The van der Waals surface area contributed by atoms with Gasteiger partial charge in [0.1, 0.15) is 6.04 Å². The van der Waals surface area contributed by atoms with E-state index in [1.165, 1.54) is 4.90 Å². The quantitative estimate of drug-likeness (QED) is 0.815. The summed E-state index contributed by atoms with van der Waals surface area (Å²) in [6.07, 6.45) is 1.35. The smallest absolute Gasteiger partial charge is 0.326 e. The van der Waals surface area contributed by atoms with E-state index in [1.807, 2.05) is 6.92 Å². The molecular formula is C12H22N2O3. The van der Waals surface area contributed by atoms with Crippen molar-refractivity contribution in [1.29, 1.82) is 0 Å². The van der Waals surface area contributed by atoms with Gasteiger partial charge in [0.15, 0.2) is 0 Å². The summed E-state index contributed by atoms with van der Waals surface area (Å²) in [5.41, 5.74) is 0. The SMILES string of the molecule is CCN(CC(C)C)C(=O)N1CCCC1C(=O)O. The Morgan fingerprint density at radius 3 is 2.59 bits per heavy atom.